The van der Waals surface area contributed by atoms with Gasteiger partial charge in [-0.05, 0) is 37.8 Å². The minimum atomic E-state index is -0.484. The molecule has 1 N–H and O–H groups in total. The first-order valence-electron chi connectivity index (χ1n) is 3.71. The van der Waals surface area contributed by atoms with E-state index in [-0.39, 0.29) is 12.4 Å². The molecular weight excluding hydrogens is 153 g/mol. The Labute approximate surface area is 66.8 Å². The summed E-state index contributed by atoms with van der Waals surface area (Å²) in [5, 5.41) is 3.28. The van der Waals surface area contributed by atoms with Gasteiger partial charge in [-0.1, -0.05) is 0 Å². The van der Waals surface area contributed by atoms with Crippen LogP contribution < -0.4 is 5.32 Å². The fourth-order valence-electron chi connectivity index (χ4n) is 2.09. The van der Waals surface area contributed by atoms with Crippen LogP contribution in [0.15, 0.2) is 0 Å². The summed E-state index contributed by atoms with van der Waals surface area (Å²) in [6.45, 7) is 2.12. The number of alkyl halides is 1. The highest BCUT2D eigenvalue weighted by Crippen LogP contribution is 2.35. The maximum Gasteiger partial charge on any atom is 0.101 e. The standard InChI is InChI=1S/C7H12FN.ClH/c8-7-1-5-3-9-4-6(5)2-7;/h5-7,9H,1-4H2;1H. The molecule has 2 unspecified atom stereocenters. The molecule has 1 heterocycles. The lowest BCUT2D eigenvalue weighted by Crippen LogP contribution is -2.11. The van der Waals surface area contributed by atoms with Gasteiger partial charge in [-0.25, -0.2) is 4.39 Å². The highest BCUT2D eigenvalue weighted by Gasteiger charge is 2.36. The van der Waals surface area contributed by atoms with E-state index in [9.17, 15) is 4.39 Å². The van der Waals surface area contributed by atoms with Crippen molar-refractivity contribution in [3.05, 3.63) is 0 Å². The van der Waals surface area contributed by atoms with Gasteiger partial charge in [-0.15, -0.1) is 12.4 Å². The van der Waals surface area contributed by atoms with Crippen LogP contribution in [0.5, 0.6) is 0 Å². The third-order valence-corrected chi connectivity index (χ3v) is 2.60. The largest absolute Gasteiger partial charge is 0.316 e. The summed E-state index contributed by atoms with van der Waals surface area (Å²) in [6, 6.07) is 0. The van der Waals surface area contributed by atoms with E-state index in [4.69, 9.17) is 0 Å². The zero-order valence-corrected chi connectivity index (χ0v) is 6.66. The second-order valence-corrected chi connectivity index (χ2v) is 3.25. The van der Waals surface area contributed by atoms with Gasteiger partial charge in [-0.3, -0.25) is 0 Å². The maximum absolute atomic E-state index is 12.6. The number of fused-ring (bicyclic) bond motifs is 1. The van der Waals surface area contributed by atoms with Gasteiger partial charge in [0.1, 0.15) is 6.17 Å². The van der Waals surface area contributed by atoms with E-state index in [0.29, 0.717) is 11.8 Å². The summed E-state index contributed by atoms with van der Waals surface area (Å²) in [5.74, 6) is 1.33. The van der Waals surface area contributed by atoms with Crippen LogP contribution in [0.3, 0.4) is 0 Å². The molecule has 1 aliphatic carbocycles. The zero-order chi connectivity index (χ0) is 6.27. The molecule has 1 nitrogen and oxygen atoms in total. The average Bonchev–Trinajstić information content (AvgIpc) is 2.22. The van der Waals surface area contributed by atoms with Crippen molar-refractivity contribution < 1.29 is 4.39 Å². The van der Waals surface area contributed by atoms with Gasteiger partial charge in [0.25, 0.3) is 0 Å². The second-order valence-electron chi connectivity index (χ2n) is 3.25. The van der Waals surface area contributed by atoms with Crippen molar-refractivity contribution in [2.24, 2.45) is 11.8 Å². The van der Waals surface area contributed by atoms with E-state index in [2.05, 4.69) is 5.32 Å². The van der Waals surface area contributed by atoms with Gasteiger partial charge in [0.15, 0.2) is 0 Å². The van der Waals surface area contributed by atoms with Crippen LogP contribution >= 0.6 is 12.4 Å². The first-order chi connectivity index (χ1) is 4.36. The first-order valence-corrected chi connectivity index (χ1v) is 3.71. The van der Waals surface area contributed by atoms with E-state index >= 15 is 0 Å². The minimum Gasteiger partial charge on any atom is -0.316 e. The van der Waals surface area contributed by atoms with Crippen molar-refractivity contribution in [1.82, 2.24) is 5.32 Å². The second kappa shape index (κ2) is 3.05. The Kier molecular flexibility index (Phi) is 2.53. The molecule has 0 spiro atoms. The normalized spacial score (nSPS) is 44.7. The summed E-state index contributed by atoms with van der Waals surface area (Å²) in [5.41, 5.74) is 0. The Bertz CT molecular complexity index is 108. The zero-order valence-electron chi connectivity index (χ0n) is 5.85. The molecule has 10 heavy (non-hydrogen) atoms. The molecule has 60 valence electrons. The summed E-state index contributed by atoms with van der Waals surface area (Å²) in [6.07, 6.45) is 1.15. The van der Waals surface area contributed by atoms with Crippen LogP contribution in [-0.4, -0.2) is 19.3 Å². The molecule has 1 saturated heterocycles. The topological polar surface area (TPSA) is 12.0 Å². The predicted octanol–water partition coefficient (Wildman–Crippen LogP) is 1.38. The van der Waals surface area contributed by atoms with Gasteiger partial charge in [0, 0.05) is 0 Å². The fraction of sp³-hybridized carbons (Fsp3) is 1.00. The first kappa shape index (κ1) is 8.28. The molecule has 2 atom stereocenters. The van der Waals surface area contributed by atoms with E-state index in [1.807, 2.05) is 0 Å². The maximum atomic E-state index is 12.6. The predicted molar refractivity (Wildman–Crippen MR) is 41.2 cm³/mol. The monoisotopic (exact) mass is 165 g/mol. The molecule has 3 heteroatoms. The Morgan fingerprint density at radius 1 is 1.10 bits per heavy atom. The Balaban J connectivity index is 0.000000500. The van der Waals surface area contributed by atoms with Crippen LogP contribution in [0.2, 0.25) is 0 Å². The van der Waals surface area contributed by atoms with Gasteiger partial charge in [0.05, 0.1) is 0 Å². The quantitative estimate of drug-likeness (QED) is 0.572. The Hall–Kier alpha value is 0.180. The number of halogens is 2. The van der Waals surface area contributed by atoms with E-state index in [1.54, 1.807) is 0 Å². The van der Waals surface area contributed by atoms with Crippen LogP contribution in [0.4, 0.5) is 4.39 Å². The van der Waals surface area contributed by atoms with Crippen molar-refractivity contribution in [1.29, 1.82) is 0 Å². The number of nitrogens with one attached hydrogen (secondary N) is 1. The molecule has 0 radical (unpaired) electrons. The smallest absolute Gasteiger partial charge is 0.101 e. The van der Waals surface area contributed by atoms with Crippen LogP contribution in [-0.2, 0) is 0 Å². The minimum absolute atomic E-state index is 0. The fourth-order valence-corrected chi connectivity index (χ4v) is 2.09. The lowest BCUT2D eigenvalue weighted by atomic mass is 10.0. The molecular formula is C7H13ClFN. The van der Waals surface area contributed by atoms with Crippen LogP contribution in [0.1, 0.15) is 12.8 Å². The highest BCUT2D eigenvalue weighted by molar-refractivity contribution is 5.85. The van der Waals surface area contributed by atoms with Crippen molar-refractivity contribution in [3.63, 3.8) is 0 Å². The molecule has 0 bridgehead atoms. The van der Waals surface area contributed by atoms with Gasteiger partial charge < -0.3 is 5.32 Å². The number of hydrogen-bond donors (Lipinski definition) is 1. The number of rotatable bonds is 0. The molecule has 0 amide bonds. The van der Waals surface area contributed by atoms with E-state index in [1.165, 1.54) is 0 Å². The Morgan fingerprint density at radius 2 is 1.60 bits per heavy atom. The lowest BCUT2D eigenvalue weighted by Gasteiger charge is -2.02. The SMILES string of the molecule is Cl.FC1CC2CNCC2C1. The van der Waals surface area contributed by atoms with Crippen molar-refractivity contribution in [2.75, 3.05) is 13.1 Å². The third kappa shape index (κ3) is 1.28. The van der Waals surface area contributed by atoms with Crippen LogP contribution in [0.25, 0.3) is 0 Å². The molecule has 2 rings (SSSR count). The summed E-state index contributed by atoms with van der Waals surface area (Å²) in [7, 11) is 0. The molecule has 0 aromatic heterocycles. The molecule has 2 fully saturated rings. The van der Waals surface area contributed by atoms with Crippen LogP contribution in [0, 0.1) is 11.8 Å². The van der Waals surface area contributed by atoms with Crippen molar-refractivity contribution in [2.45, 2.75) is 19.0 Å². The van der Waals surface area contributed by atoms with Gasteiger partial charge >= 0.3 is 0 Å². The summed E-state index contributed by atoms with van der Waals surface area (Å²) in [4.78, 5) is 0. The Morgan fingerprint density at radius 3 is 2.10 bits per heavy atom. The highest BCUT2D eigenvalue weighted by atomic mass is 35.5. The molecule has 0 aromatic carbocycles. The van der Waals surface area contributed by atoms with Crippen molar-refractivity contribution in [3.8, 4) is 0 Å². The molecule has 0 aromatic rings. The van der Waals surface area contributed by atoms with E-state index < -0.39 is 6.17 Å². The van der Waals surface area contributed by atoms with Gasteiger partial charge in [-0.2, -0.15) is 0 Å². The van der Waals surface area contributed by atoms with E-state index in [0.717, 1.165) is 25.9 Å². The molecule has 1 aliphatic heterocycles. The molecule has 2 aliphatic rings. The molecule has 1 saturated carbocycles. The lowest BCUT2D eigenvalue weighted by molar-refractivity contribution is 0.323. The number of hydrogen-bond acceptors (Lipinski definition) is 1. The van der Waals surface area contributed by atoms with Gasteiger partial charge in [0.2, 0.25) is 0 Å². The summed E-state index contributed by atoms with van der Waals surface area (Å²) >= 11 is 0. The third-order valence-electron chi connectivity index (χ3n) is 2.60. The summed E-state index contributed by atoms with van der Waals surface area (Å²) < 4.78 is 12.6. The average molecular weight is 166 g/mol. The van der Waals surface area contributed by atoms with Crippen molar-refractivity contribution >= 4 is 12.4 Å².